The first kappa shape index (κ1) is 26.0. The molecule has 0 aliphatic carbocycles. The largest absolute Gasteiger partial charge is 0.457 e. The quantitative estimate of drug-likeness (QED) is 0.160. The lowest BCUT2D eigenvalue weighted by Crippen LogP contribution is -2.32. The van der Waals surface area contributed by atoms with E-state index in [1.807, 2.05) is 25.1 Å². The van der Waals surface area contributed by atoms with Crippen LogP contribution in [-0.4, -0.2) is 16.0 Å². The summed E-state index contributed by atoms with van der Waals surface area (Å²) < 4.78 is 11.6. The number of hydrogen-bond acceptors (Lipinski definition) is 5. The molecule has 1 amide bonds. The van der Waals surface area contributed by atoms with Crippen LogP contribution in [0, 0.1) is 6.92 Å². The van der Waals surface area contributed by atoms with Gasteiger partial charge >= 0.3 is 0 Å². The number of hydrogen-bond donors (Lipinski definition) is 2. The molecule has 2 aromatic heterocycles. The van der Waals surface area contributed by atoms with Gasteiger partial charge in [-0.15, -0.1) is 0 Å². The molecule has 3 aromatic carbocycles. The standard InChI is InChI=1S/C28H18Cl3N3O3S/c1-15-2-7-25-23(10-15)33-27(37-25)21-14-19(3-6-22(21)31)32-28(38)34-26(35)9-5-20-4-8-24(36-20)16-11-17(29)13-18(30)12-16/h2-14H,1H3,(H2,32,34,35,38)/b9-5+. The van der Waals surface area contributed by atoms with Crippen LogP contribution in [0.2, 0.25) is 15.1 Å². The molecule has 0 aliphatic rings. The summed E-state index contributed by atoms with van der Waals surface area (Å²) in [6.45, 7) is 1.99. The van der Waals surface area contributed by atoms with Crippen molar-refractivity contribution in [2.75, 3.05) is 5.32 Å². The van der Waals surface area contributed by atoms with Crippen molar-refractivity contribution < 1.29 is 13.6 Å². The molecule has 0 fully saturated rings. The van der Waals surface area contributed by atoms with Crippen LogP contribution in [0.15, 0.2) is 81.6 Å². The molecule has 5 rings (SSSR count). The number of furan rings is 1. The van der Waals surface area contributed by atoms with Gasteiger partial charge in [0.25, 0.3) is 0 Å². The van der Waals surface area contributed by atoms with Crippen molar-refractivity contribution in [3.8, 4) is 22.8 Å². The number of carbonyl (C=O) groups is 1. The van der Waals surface area contributed by atoms with E-state index in [1.54, 1.807) is 48.5 Å². The first-order chi connectivity index (χ1) is 18.2. The van der Waals surface area contributed by atoms with E-state index in [9.17, 15) is 4.79 Å². The second-order valence-electron chi connectivity index (χ2n) is 8.32. The first-order valence-electron chi connectivity index (χ1n) is 11.3. The number of benzene rings is 3. The second-order valence-corrected chi connectivity index (χ2v) is 10.0. The Balaban J connectivity index is 1.23. The molecule has 0 atom stereocenters. The van der Waals surface area contributed by atoms with Gasteiger partial charge in [0.15, 0.2) is 10.7 Å². The number of nitrogens with one attached hydrogen (secondary N) is 2. The van der Waals surface area contributed by atoms with Crippen LogP contribution >= 0.6 is 47.0 Å². The van der Waals surface area contributed by atoms with E-state index in [1.165, 1.54) is 12.2 Å². The molecule has 2 heterocycles. The topological polar surface area (TPSA) is 80.3 Å². The van der Waals surface area contributed by atoms with E-state index in [-0.39, 0.29) is 5.11 Å². The van der Waals surface area contributed by atoms with E-state index in [0.717, 1.165) is 16.6 Å². The number of aryl methyl sites for hydroxylation is 1. The maximum atomic E-state index is 12.4. The number of oxazole rings is 1. The summed E-state index contributed by atoms with van der Waals surface area (Å²) in [5, 5.41) is 7.15. The number of anilines is 1. The molecule has 38 heavy (non-hydrogen) atoms. The number of halogens is 3. The van der Waals surface area contributed by atoms with Crippen molar-refractivity contribution in [3.05, 3.63) is 99.2 Å². The van der Waals surface area contributed by atoms with Crippen LogP contribution < -0.4 is 10.6 Å². The molecule has 6 nitrogen and oxygen atoms in total. The Morgan fingerprint density at radius 3 is 2.53 bits per heavy atom. The monoisotopic (exact) mass is 581 g/mol. The van der Waals surface area contributed by atoms with E-state index in [4.69, 9.17) is 55.9 Å². The smallest absolute Gasteiger partial charge is 0.250 e. The zero-order chi connectivity index (χ0) is 26.8. The van der Waals surface area contributed by atoms with Crippen molar-refractivity contribution in [1.82, 2.24) is 10.3 Å². The molecule has 0 bridgehead atoms. The van der Waals surface area contributed by atoms with E-state index in [2.05, 4.69) is 15.6 Å². The summed E-state index contributed by atoms with van der Waals surface area (Å²) in [7, 11) is 0. The minimum absolute atomic E-state index is 0.106. The fourth-order valence-electron chi connectivity index (χ4n) is 3.69. The number of aromatic nitrogens is 1. The third kappa shape index (κ3) is 6.09. The fourth-order valence-corrected chi connectivity index (χ4v) is 4.63. The van der Waals surface area contributed by atoms with Crippen LogP contribution in [0.25, 0.3) is 40.0 Å². The van der Waals surface area contributed by atoms with Crippen LogP contribution in [0.5, 0.6) is 0 Å². The Labute approximate surface area is 238 Å². The molecule has 10 heteroatoms. The molecule has 0 saturated carbocycles. The van der Waals surface area contributed by atoms with E-state index in [0.29, 0.717) is 49.3 Å². The van der Waals surface area contributed by atoms with Gasteiger partial charge in [-0.2, -0.15) is 0 Å². The summed E-state index contributed by atoms with van der Waals surface area (Å²) in [5.41, 5.74) is 4.40. The summed E-state index contributed by atoms with van der Waals surface area (Å²) in [4.78, 5) is 16.9. The maximum Gasteiger partial charge on any atom is 0.250 e. The van der Waals surface area contributed by atoms with Gasteiger partial charge in [0, 0.05) is 27.4 Å². The lowest BCUT2D eigenvalue weighted by atomic mass is 10.2. The van der Waals surface area contributed by atoms with Gasteiger partial charge < -0.3 is 14.2 Å². The van der Waals surface area contributed by atoms with Crippen LogP contribution in [0.1, 0.15) is 11.3 Å². The molecule has 0 aliphatic heterocycles. The Kier molecular flexibility index (Phi) is 7.53. The van der Waals surface area contributed by atoms with Gasteiger partial charge in [-0.05, 0) is 91.4 Å². The lowest BCUT2D eigenvalue weighted by molar-refractivity contribution is -0.115. The number of rotatable bonds is 5. The average molecular weight is 583 g/mol. The predicted molar refractivity (Wildman–Crippen MR) is 157 cm³/mol. The van der Waals surface area contributed by atoms with Gasteiger partial charge in [-0.3, -0.25) is 10.1 Å². The highest BCUT2D eigenvalue weighted by atomic mass is 35.5. The minimum atomic E-state index is -0.435. The van der Waals surface area contributed by atoms with Gasteiger partial charge in [0.2, 0.25) is 11.8 Å². The summed E-state index contributed by atoms with van der Waals surface area (Å²) >= 11 is 23.8. The fraction of sp³-hybridized carbons (Fsp3) is 0.0357. The highest BCUT2D eigenvalue weighted by Gasteiger charge is 2.14. The van der Waals surface area contributed by atoms with Gasteiger partial charge in [0.05, 0.1) is 10.6 Å². The number of amides is 1. The molecular formula is C28H18Cl3N3O3S. The molecule has 0 spiro atoms. The Morgan fingerprint density at radius 1 is 0.947 bits per heavy atom. The Hall–Kier alpha value is -3.62. The van der Waals surface area contributed by atoms with Gasteiger partial charge in [0.1, 0.15) is 17.0 Å². The maximum absolute atomic E-state index is 12.4. The highest BCUT2D eigenvalue weighted by molar-refractivity contribution is 7.80. The van der Waals surface area contributed by atoms with Crippen LogP contribution in [0.3, 0.4) is 0 Å². The number of carbonyl (C=O) groups excluding carboxylic acids is 1. The Morgan fingerprint density at radius 2 is 1.74 bits per heavy atom. The molecule has 0 radical (unpaired) electrons. The van der Waals surface area contributed by atoms with Crippen molar-refractivity contribution in [3.63, 3.8) is 0 Å². The zero-order valence-corrected chi connectivity index (χ0v) is 22.8. The molecule has 190 valence electrons. The molecule has 2 N–H and O–H groups in total. The minimum Gasteiger partial charge on any atom is -0.457 e. The van der Waals surface area contributed by atoms with Crippen molar-refractivity contribution >= 4 is 80.9 Å². The van der Waals surface area contributed by atoms with Crippen molar-refractivity contribution in [2.24, 2.45) is 0 Å². The Bertz CT molecular complexity index is 1700. The van der Waals surface area contributed by atoms with Crippen molar-refractivity contribution in [2.45, 2.75) is 6.92 Å². The number of thiocarbonyl (C=S) groups is 1. The van der Waals surface area contributed by atoms with E-state index >= 15 is 0 Å². The third-order valence-corrected chi connectivity index (χ3v) is 6.38. The summed E-state index contributed by atoms with van der Waals surface area (Å²) in [6.07, 6.45) is 2.85. The van der Waals surface area contributed by atoms with Crippen molar-refractivity contribution in [1.29, 1.82) is 0 Å². The predicted octanol–water partition coefficient (Wildman–Crippen LogP) is 8.55. The SMILES string of the molecule is Cc1ccc2oc(-c3cc(NC(=S)NC(=O)/C=C/c4ccc(-c5cc(Cl)cc(Cl)c5)o4)ccc3Cl)nc2c1. The number of nitrogens with zero attached hydrogens (tertiary/aromatic N) is 1. The van der Waals surface area contributed by atoms with Crippen LogP contribution in [0.4, 0.5) is 5.69 Å². The van der Waals surface area contributed by atoms with E-state index < -0.39 is 5.91 Å². The lowest BCUT2D eigenvalue weighted by Gasteiger charge is -2.09. The zero-order valence-electron chi connectivity index (χ0n) is 19.7. The molecule has 0 saturated heterocycles. The second kappa shape index (κ2) is 11.0. The van der Waals surface area contributed by atoms with Crippen LogP contribution in [-0.2, 0) is 4.79 Å². The first-order valence-corrected chi connectivity index (χ1v) is 12.8. The normalized spacial score (nSPS) is 11.3. The molecule has 5 aromatic rings. The highest BCUT2D eigenvalue weighted by Crippen LogP contribution is 2.33. The van der Waals surface area contributed by atoms with Gasteiger partial charge in [-0.1, -0.05) is 40.9 Å². The third-order valence-electron chi connectivity index (χ3n) is 5.41. The summed E-state index contributed by atoms with van der Waals surface area (Å²) in [6, 6.07) is 19.6. The van der Waals surface area contributed by atoms with Gasteiger partial charge in [-0.25, -0.2) is 4.98 Å². The summed E-state index contributed by atoms with van der Waals surface area (Å²) in [5.74, 6) is 0.991. The average Bonchev–Trinajstić information content (AvgIpc) is 3.50. The molecular weight excluding hydrogens is 565 g/mol. The molecule has 0 unspecified atom stereocenters. The number of fused-ring (bicyclic) bond motifs is 1.